The Kier molecular flexibility index (Phi) is 4.68. The molecule has 2 atom stereocenters. The molecule has 1 aliphatic carbocycles. The highest BCUT2D eigenvalue weighted by Gasteiger charge is 2.29. The summed E-state index contributed by atoms with van der Waals surface area (Å²) in [6.07, 6.45) is 2.63. The molecular weight excluding hydrogens is 245 g/mol. The van der Waals surface area contributed by atoms with E-state index in [1.54, 1.807) is 0 Å². The third-order valence-corrected chi connectivity index (χ3v) is 3.32. The predicted octanol–water partition coefficient (Wildman–Crippen LogP) is 2.72. The van der Waals surface area contributed by atoms with Crippen LogP contribution in [0, 0.1) is 0 Å². The van der Waals surface area contributed by atoms with E-state index in [4.69, 9.17) is 4.74 Å². The van der Waals surface area contributed by atoms with Crippen LogP contribution in [0.3, 0.4) is 0 Å². The van der Waals surface area contributed by atoms with Crippen molar-refractivity contribution in [2.45, 2.75) is 38.0 Å². The van der Waals surface area contributed by atoms with Crippen molar-refractivity contribution < 1.29 is 13.9 Å². The summed E-state index contributed by atoms with van der Waals surface area (Å²) >= 11 is 0. The fourth-order valence-electron chi connectivity index (χ4n) is 2.31. The maximum absolute atomic E-state index is 12.7. The molecule has 1 saturated carbocycles. The number of hydrogen-bond acceptors (Lipinski definition) is 2. The Morgan fingerprint density at radius 1 is 1.37 bits per heavy atom. The van der Waals surface area contributed by atoms with Crippen molar-refractivity contribution in [3.8, 4) is 0 Å². The van der Waals surface area contributed by atoms with Crippen molar-refractivity contribution in [3.63, 3.8) is 0 Å². The summed E-state index contributed by atoms with van der Waals surface area (Å²) in [5, 5.41) is 2.63. The highest BCUT2D eigenvalue weighted by atomic mass is 19.1. The van der Waals surface area contributed by atoms with Gasteiger partial charge in [-0.05, 0) is 24.8 Å². The van der Waals surface area contributed by atoms with Gasteiger partial charge in [-0.25, -0.2) is 4.39 Å². The van der Waals surface area contributed by atoms with Crippen LogP contribution in [0.25, 0.3) is 0 Å². The minimum Gasteiger partial charge on any atom is -0.371 e. The van der Waals surface area contributed by atoms with Crippen LogP contribution in [0.1, 0.15) is 24.8 Å². The highest BCUT2D eigenvalue weighted by molar-refractivity contribution is 5.90. The van der Waals surface area contributed by atoms with E-state index in [1.807, 2.05) is 30.3 Å². The van der Waals surface area contributed by atoms with Crippen molar-refractivity contribution in [3.05, 3.63) is 48.3 Å². The minimum absolute atomic E-state index is 0.0523. The van der Waals surface area contributed by atoms with Crippen molar-refractivity contribution in [1.29, 1.82) is 0 Å². The zero-order valence-corrected chi connectivity index (χ0v) is 10.8. The van der Waals surface area contributed by atoms with Gasteiger partial charge in [0.1, 0.15) is 0 Å². The van der Waals surface area contributed by atoms with Gasteiger partial charge in [0.2, 0.25) is 0 Å². The number of halogens is 1. The quantitative estimate of drug-likeness (QED) is 0.829. The summed E-state index contributed by atoms with van der Waals surface area (Å²) in [6.45, 7) is 3.50. The molecule has 4 heteroatoms. The summed E-state index contributed by atoms with van der Waals surface area (Å²) in [5.74, 6) is -1.69. The van der Waals surface area contributed by atoms with E-state index in [9.17, 15) is 9.18 Å². The van der Waals surface area contributed by atoms with Gasteiger partial charge in [0.15, 0.2) is 5.83 Å². The van der Waals surface area contributed by atoms with Crippen molar-refractivity contribution >= 4 is 5.91 Å². The van der Waals surface area contributed by atoms with Gasteiger partial charge >= 0.3 is 0 Å². The number of carbonyl (C=O) groups is 1. The fraction of sp³-hybridized carbons (Fsp3) is 0.400. The number of benzene rings is 1. The molecule has 1 N–H and O–H groups in total. The second-order valence-corrected chi connectivity index (χ2v) is 4.75. The van der Waals surface area contributed by atoms with Gasteiger partial charge < -0.3 is 10.1 Å². The van der Waals surface area contributed by atoms with Crippen molar-refractivity contribution in [2.24, 2.45) is 0 Å². The fourth-order valence-corrected chi connectivity index (χ4v) is 2.31. The van der Waals surface area contributed by atoms with E-state index in [0.717, 1.165) is 24.8 Å². The van der Waals surface area contributed by atoms with Crippen LogP contribution in [0.5, 0.6) is 0 Å². The van der Waals surface area contributed by atoms with Gasteiger partial charge in [-0.3, -0.25) is 4.79 Å². The van der Waals surface area contributed by atoms with Gasteiger partial charge in [0.05, 0.1) is 18.8 Å². The molecule has 0 aromatic heterocycles. The topological polar surface area (TPSA) is 38.3 Å². The first-order valence-corrected chi connectivity index (χ1v) is 6.47. The van der Waals surface area contributed by atoms with E-state index < -0.39 is 11.7 Å². The average Bonchev–Trinajstić information content (AvgIpc) is 2.85. The van der Waals surface area contributed by atoms with Crippen LogP contribution in [0.4, 0.5) is 4.39 Å². The minimum atomic E-state index is -0.950. The Labute approximate surface area is 112 Å². The van der Waals surface area contributed by atoms with Crippen LogP contribution >= 0.6 is 0 Å². The van der Waals surface area contributed by atoms with Gasteiger partial charge in [-0.1, -0.05) is 36.9 Å². The van der Waals surface area contributed by atoms with Crippen LogP contribution in [0.15, 0.2) is 42.7 Å². The van der Waals surface area contributed by atoms with Crippen molar-refractivity contribution in [2.75, 3.05) is 0 Å². The summed E-state index contributed by atoms with van der Waals surface area (Å²) in [4.78, 5) is 11.3. The number of rotatable bonds is 5. The Morgan fingerprint density at radius 3 is 2.79 bits per heavy atom. The first-order chi connectivity index (χ1) is 9.16. The Hall–Kier alpha value is -1.68. The average molecular weight is 263 g/mol. The van der Waals surface area contributed by atoms with Crippen LogP contribution in [-0.4, -0.2) is 18.1 Å². The van der Waals surface area contributed by atoms with Crippen LogP contribution in [-0.2, 0) is 16.1 Å². The van der Waals surface area contributed by atoms with Crippen LogP contribution < -0.4 is 5.32 Å². The normalized spacial score (nSPS) is 22.2. The standard InChI is InChI=1S/C15H18FNO2/c1-11(16)15(18)17-13-8-5-9-14(13)19-10-12-6-3-2-4-7-12/h2-4,6-7,13-14H,1,5,8-10H2,(H,17,18)/t13-,14-/m1/s1. The van der Waals surface area contributed by atoms with E-state index in [1.165, 1.54) is 0 Å². The summed E-state index contributed by atoms with van der Waals surface area (Å²) in [7, 11) is 0. The summed E-state index contributed by atoms with van der Waals surface area (Å²) in [5.41, 5.74) is 1.09. The first kappa shape index (κ1) is 13.7. The molecular formula is C15H18FNO2. The number of carbonyl (C=O) groups excluding carboxylic acids is 1. The molecule has 1 fully saturated rings. The van der Waals surface area contributed by atoms with Gasteiger partial charge in [-0.15, -0.1) is 0 Å². The van der Waals surface area contributed by atoms with E-state index in [0.29, 0.717) is 6.61 Å². The Balaban J connectivity index is 1.85. The summed E-state index contributed by atoms with van der Waals surface area (Å²) in [6, 6.07) is 9.73. The van der Waals surface area contributed by atoms with E-state index in [2.05, 4.69) is 11.9 Å². The molecule has 0 spiro atoms. The second kappa shape index (κ2) is 6.48. The van der Waals surface area contributed by atoms with Gasteiger partial charge in [0.25, 0.3) is 5.91 Å². The molecule has 1 amide bonds. The Morgan fingerprint density at radius 2 is 2.11 bits per heavy atom. The molecule has 0 radical (unpaired) electrons. The highest BCUT2D eigenvalue weighted by Crippen LogP contribution is 2.23. The zero-order valence-electron chi connectivity index (χ0n) is 10.8. The lowest BCUT2D eigenvalue weighted by molar-refractivity contribution is -0.120. The SMILES string of the molecule is C=C(F)C(=O)N[C@@H]1CCC[C@H]1OCc1ccccc1. The molecule has 0 unspecified atom stereocenters. The molecule has 3 nitrogen and oxygen atoms in total. The van der Waals surface area contributed by atoms with Crippen LogP contribution in [0.2, 0.25) is 0 Å². The molecule has 19 heavy (non-hydrogen) atoms. The molecule has 102 valence electrons. The maximum Gasteiger partial charge on any atom is 0.279 e. The molecule has 0 bridgehead atoms. The lowest BCUT2D eigenvalue weighted by Crippen LogP contribution is -2.41. The number of ether oxygens (including phenoxy) is 1. The Bertz CT molecular complexity index is 447. The third kappa shape index (κ3) is 3.89. The second-order valence-electron chi connectivity index (χ2n) is 4.75. The molecule has 1 aromatic carbocycles. The van der Waals surface area contributed by atoms with E-state index >= 15 is 0 Å². The predicted molar refractivity (Wildman–Crippen MR) is 71.0 cm³/mol. The molecule has 0 saturated heterocycles. The third-order valence-electron chi connectivity index (χ3n) is 3.32. The lowest BCUT2D eigenvalue weighted by atomic mass is 10.2. The molecule has 0 aliphatic heterocycles. The number of nitrogens with one attached hydrogen (secondary N) is 1. The lowest BCUT2D eigenvalue weighted by Gasteiger charge is -2.21. The number of hydrogen-bond donors (Lipinski definition) is 1. The monoisotopic (exact) mass is 263 g/mol. The molecule has 1 aliphatic rings. The number of amides is 1. The van der Waals surface area contributed by atoms with E-state index in [-0.39, 0.29) is 12.1 Å². The first-order valence-electron chi connectivity index (χ1n) is 6.47. The smallest absolute Gasteiger partial charge is 0.279 e. The van der Waals surface area contributed by atoms with Gasteiger partial charge in [-0.2, -0.15) is 0 Å². The maximum atomic E-state index is 12.7. The molecule has 0 heterocycles. The molecule has 2 rings (SSSR count). The van der Waals surface area contributed by atoms with Gasteiger partial charge in [0, 0.05) is 0 Å². The van der Waals surface area contributed by atoms with Crippen molar-refractivity contribution in [1.82, 2.24) is 5.32 Å². The zero-order chi connectivity index (χ0) is 13.7. The summed E-state index contributed by atoms with van der Waals surface area (Å²) < 4.78 is 18.5. The molecule has 1 aromatic rings. The largest absolute Gasteiger partial charge is 0.371 e.